The highest BCUT2D eigenvalue weighted by Gasteiger charge is 2.41. The van der Waals surface area contributed by atoms with Crippen LogP contribution in [0.4, 0.5) is 0 Å². The molecule has 2 aliphatic rings. The van der Waals surface area contributed by atoms with Gasteiger partial charge >= 0.3 is 0 Å². The van der Waals surface area contributed by atoms with Crippen molar-refractivity contribution >= 4 is 5.91 Å². The summed E-state index contributed by atoms with van der Waals surface area (Å²) in [6.07, 6.45) is 6.44. The van der Waals surface area contributed by atoms with Crippen LogP contribution in [-0.4, -0.2) is 18.5 Å². The lowest BCUT2D eigenvalue weighted by Crippen LogP contribution is -2.46. The van der Waals surface area contributed by atoms with Crippen molar-refractivity contribution in [2.75, 3.05) is 6.54 Å². The van der Waals surface area contributed by atoms with Crippen molar-refractivity contribution in [3.63, 3.8) is 0 Å². The molecule has 0 heterocycles. The molecule has 0 bridgehead atoms. The predicted octanol–water partition coefficient (Wildman–Crippen LogP) is 1.91. The van der Waals surface area contributed by atoms with E-state index in [1.165, 1.54) is 25.7 Å². The molecule has 2 fully saturated rings. The topological polar surface area (TPSA) is 55.1 Å². The van der Waals surface area contributed by atoms with Crippen LogP contribution in [0.1, 0.15) is 46.0 Å². The van der Waals surface area contributed by atoms with Crippen LogP contribution in [-0.2, 0) is 4.79 Å². The van der Waals surface area contributed by atoms with E-state index in [0.717, 1.165) is 30.7 Å². The lowest BCUT2D eigenvalue weighted by molar-refractivity contribution is -0.123. The van der Waals surface area contributed by atoms with E-state index in [1.54, 1.807) is 0 Å². The second kappa shape index (κ2) is 5.38. The zero-order chi connectivity index (χ0) is 12.4. The van der Waals surface area contributed by atoms with Gasteiger partial charge in [-0.3, -0.25) is 4.79 Å². The highest BCUT2D eigenvalue weighted by Crippen LogP contribution is 2.48. The molecule has 0 aromatic rings. The summed E-state index contributed by atoms with van der Waals surface area (Å²) in [4.78, 5) is 11.9. The van der Waals surface area contributed by atoms with E-state index in [-0.39, 0.29) is 17.9 Å². The normalized spacial score (nSPS) is 23.5. The molecular weight excluding hydrogens is 212 g/mol. The molecule has 0 radical (unpaired) electrons. The Morgan fingerprint density at radius 1 is 1.29 bits per heavy atom. The van der Waals surface area contributed by atoms with E-state index >= 15 is 0 Å². The average Bonchev–Trinajstić information content (AvgIpc) is 3.17. The smallest absolute Gasteiger partial charge is 0.237 e. The summed E-state index contributed by atoms with van der Waals surface area (Å²) in [6, 6.07) is -0.334. The number of rotatable bonds is 7. The molecule has 3 heteroatoms. The molecule has 98 valence electrons. The minimum absolute atomic E-state index is 0.0469. The molecule has 0 aromatic carbocycles. The second-order valence-corrected chi connectivity index (χ2v) is 6.00. The van der Waals surface area contributed by atoms with Gasteiger partial charge in [0.05, 0.1) is 6.04 Å². The molecule has 2 aliphatic carbocycles. The van der Waals surface area contributed by atoms with E-state index in [2.05, 4.69) is 12.2 Å². The van der Waals surface area contributed by atoms with Gasteiger partial charge in [-0.25, -0.2) is 0 Å². The lowest BCUT2D eigenvalue weighted by Gasteiger charge is -2.21. The summed E-state index contributed by atoms with van der Waals surface area (Å²) < 4.78 is 0. The van der Waals surface area contributed by atoms with Crippen LogP contribution in [0, 0.1) is 23.7 Å². The second-order valence-electron chi connectivity index (χ2n) is 6.00. The maximum atomic E-state index is 11.9. The summed E-state index contributed by atoms with van der Waals surface area (Å²) in [5.41, 5.74) is 5.93. The first-order valence-corrected chi connectivity index (χ1v) is 7.16. The third-order valence-corrected chi connectivity index (χ3v) is 4.53. The van der Waals surface area contributed by atoms with Gasteiger partial charge < -0.3 is 11.1 Å². The maximum absolute atomic E-state index is 11.9. The summed E-state index contributed by atoms with van der Waals surface area (Å²) in [7, 11) is 0. The Kier molecular flexibility index (Phi) is 4.08. The average molecular weight is 238 g/mol. The van der Waals surface area contributed by atoms with Crippen molar-refractivity contribution in [2.45, 2.75) is 52.0 Å². The first kappa shape index (κ1) is 12.9. The van der Waals surface area contributed by atoms with Crippen LogP contribution in [0.5, 0.6) is 0 Å². The Hall–Kier alpha value is -0.570. The molecule has 0 spiro atoms. The third-order valence-electron chi connectivity index (χ3n) is 4.53. The standard InChI is InChI=1S/C14H26N2O/c1-3-9(2)13(15)14(17)16-8-12(10-4-5-10)11-6-7-11/h9-13H,3-8,15H2,1-2H3,(H,16,17). The Labute approximate surface area is 105 Å². The summed E-state index contributed by atoms with van der Waals surface area (Å²) in [5, 5.41) is 3.08. The quantitative estimate of drug-likeness (QED) is 0.712. The van der Waals surface area contributed by atoms with Gasteiger partial charge in [-0.15, -0.1) is 0 Å². The molecule has 0 aromatic heterocycles. The Morgan fingerprint density at radius 3 is 2.24 bits per heavy atom. The fourth-order valence-electron chi connectivity index (χ4n) is 2.62. The van der Waals surface area contributed by atoms with Crippen molar-refractivity contribution in [1.82, 2.24) is 5.32 Å². The van der Waals surface area contributed by atoms with E-state index in [0.29, 0.717) is 0 Å². The SMILES string of the molecule is CCC(C)C(N)C(=O)NCC(C1CC1)C1CC1. The van der Waals surface area contributed by atoms with Crippen LogP contribution in [0.3, 0.4) is 0 Å². The van der Waals surface area contributed by atoms with Gasteiger partial charge in [-0.1, -0.05) is 20.3 Å². The lowest BCUT2D eigenvalue weighted by atomic mass is 9.96. The minimum atomic E-state index is -0.334. The molecule has 0 saturated heterocycles. The third kappa shape index (κ3) is 3.44. The molecule has 0 aliphatic heterocycles. The fourth-order valence-corrected chi connectivity index (χ4v) is 2.62. The number of nitrogens with one attached hydrogen (secondary N) is 1. The monoisotopic (exact) mass is 238 g/mol. The van der Waals surface area contributed by atoms with Gasteiger partial charge in [0, 0.05) is 6.54 Å². The highest BCUT2D eigenvalue weighted by atomic mass is 16.2. The van der Waals surface area contributed by atoms with Gasteiger partial charge in [0.25, 0.3) is 0 Å². The Bertz CT molecular complexity index is 259. The largest absolute Gasteiger partial charge is 0.354 e. The number of nitrogens with two attached hydrogens (primary N) is 1. The van der Waals surface area contributed by atoms with Crippen molar-refractivity contribution in [2.24, 2.45) is 29.4 Å². The van der Waals surface area contributed by atoms with Gasteiger partial charge in [0.2, 0.25) is 5.91 Å². The predicted molar refractivity (Wildman–Crippen MR) is 69.4 cm³/mol. The van der Waals surface area contributed by atoms with Crippen LogP contribution >= 0.6 is 0 Å². The molecule has 3 nitrogen and oxygen atoms in total. The van der Waals surface area contributed by atoms with Crippen molar-refractivity contribution < 1.29 is 4.79 Å². The van der Waals surface area contributed by atoms with Gasteiger partial charge in [-0.05, 0) is 49.4 Å². The first-order valence-electron chi connectivity index (χ1n) is 7.16. The van der Waals surface area contributed by atoms with Gasteiger partial charge in [-0.2, -0.15) is 0 Å². The number of carbonyl (C=O) groups excluding carboxylic acids is 1. The van der Waals surface area contributed by atoms with Crippen LogP contribution in [0.25, 0.3) is 0 Å². The number of amides is 1. The number of hydrogen-bond acceptors (Lipinski definition) is 2. The maximum Gasteiger partial charge on any atom is 0.237 e. The molecule has 2 saturated carbocycles. The summed E-state index contributed by atoms with van der Waals surface area (Å²) in [6.45, 7) is 4.98. The molecule has 2 rings (SSSR count). The zero-order valence-corrected chi connectivity index (χ0v) is 11.1. The molecule has 3 N–H and O–H groups in total. The first-order chi connectivity index (χ1) is 8.13. The van der Waals surface area contributed by atoms with Crippen molar-refractivity contribution in [3.05, 3.63) is 0 Å². The van der Waals surface area contributed by atoms with Crippen LogP contribution in [0.2, 0.25) is 0 Å². The van der Waals surface area contributed by atoms with Crippen molar-refractivity contribution in [3.8, 4) is 0 Å². The van der Waals surface area contributed by atoms with Crippen LogP contribution in [0.15, 0.2) is 0 Å². The summed E-state index contributed by atoms with van der Waals surface area (Å²) in [5.74, 6) is 2.84. The number of carbonyl (C=O) groups is 1. The zero-order valence-electron chi connectivity index (χ0n) is 11.1. The summed E-state index contributed by atoms with van der Waals surface area (Å²) >= 11 is 0. The Morgan fingerprint density at radius 2 is 1.82 bits per heavy atom. The minimum Gasteiger partial charge on any atom is -0.354 e. The Balaban J connectivity index is 1.74. The van der Waals surface area contributed by atoms with E-state index in [9.17, 15) is 4.79 Å². The van der Waals surface area contributed by atoms with Gasteiger partial charge in [0.1, 0.15) is 0 Å². The van der Waals surface area contributed by atoms with E-state index in [1.807, 2.05) is 6.92 Å². The molecule has 2 unspecified atom stereocenters. The molecule has 2 atom stereocenters. The molecule has 17 heavy (non-hydrogen) atoms. The van der Waals surface area contributed by atoms with Crippen LogP contribution < -0.4 is 11.1 Å². The highest BCUT2D eigenvalue weighted by molar-refractivity contribution is 5.81. The fraction of sp³-hybridized carbons (Fsp3) is 0.929. The molecular formula is C14H26N2O. The van der Waals surface area contributed by atoms with Gasteiger partial charge in [0.15, 0.2) is 0 Å². The van der Waals surface area contributed by atoms with Crippen molar-refractivity contribution in [1.29, 1.82) is 0 Å². The van der Waals surface area contributed by atoms with E-state index < -0.39 is 0 Å². The van der Waals surface area contributed by atoms with E-state index in [4.69, 9.17) is 5.73 Å². The molecule has 1 amide bonds. The number of hydrogen-bond donors (Lipinski definition) is 2.